The van der Waals surface area contributed by atoms with Crippen molar-refractivity contribution in [2.75, 3.05) is 25.0 Å². The lowest BCUT2D eigenvalue weighted by Gasteiger charge is -2.19. The van der Waals surface area contributed by atoms with E-state index < -0.39 is 0 Å². The van der Waals surface area contributed by atoms with Crippen LogP contribution in [0.1, 0.15) is 32.6 Å². The Bertz CT molecular complexity index is 819. The molecule has 2 aromatic rings. The predicted molar refractivity (Wildman–Crippen MR) is 96.5 cm³/mol. The van der Waals surface area contributed by atoms with E-state index in [1.165, 1.54) is 11.1 Å². The van der Waals surface area contributed by atoms with Gasteiger partial charge in [-0.2, -0.15) is 0 Å². The van der Waals surface area contributed by atoms with Gasteiger partial charge >= 0.3 is 0 Å². The minimum absolute atomic E-state index is 0.257. The molecule has 25 heavy (non-hydrogen) atoms. The minimum atomic E-state index is -0.300. The van der Waals surface area contributed by atoms with Crippen molar-refractivity contribution in [2.45, 2.75) is 25.8 Å². The second-order valence-corrected chi connectivity index (χ2v) is 6.68. The average molecular weight is 339 g/mol. The van der Waals surface area contributed by atoms with Crippen LogP contribution >= 0.6 is 0 Å². The predicted octanol–water partition coefficient (Wildman–Crippen LogP) is 2.41. The summed E-state index contributed by atoms with van der Waals surface area (Å²) in [7, 11) is 0. The maximum atomic E-state index is 14.7. The Morgan fingerprint density at radius 1 is 0.920 bits per heavy atom. The SMILES string of the molecule is O=C(Nc1ccc2c(c1F)CCNC2)c1ccc2c(c1)CCNCC2. The third-order valence-electron chi connectivity index (χ3n) is 5.07. The van der Waals surface area contributed by atoms with E-state index in [9.17, 15) is 9.18 Å². The van der Waals surface area contributed by atoms with E-state index >= 15 is 0 Å². The van der Waals surface area contributed by atoms with Crippen LogP contribution in [0.5, 0.6) is 0 Å². The molecule has 0 atom stereocenters. The summed E-state index contributed by atoms with van der Waals surface area (Å²) in [6.07, 6.45) is 2.54. The van der Waals surface area contributed by atoms with Crippen LogP contribution in [0.4, 0.5) is 10.1 Å². The first kappa shape index (κ1) is 16.2. The van der Waals surface area contributed by atoms with Crippen LogP contribution in [0.2, 0.25) is 0 Å². The lowest BCUT2D eigenvalue weighted by molar-refractivity contribution is 0.102. The lowest BCUT2D eigenvalue weighted by Crippen LogP contribution is -2.25. The van der Waals surface area contributed by atoms with E-state index in [1.807, 2.05) is 24.3 Å². The fourth-order valence-corrected chi connectivity index (χ4v) is 3.64. The summed E-state index contributed by atoms with van der Waals surface area (Å²) in [6, 6.07) is 9.35. The van der Waals surface area contributed by atoms with Crippen molar-refractivity contribution in [1.82, 2.24) is 10.6 Å². The Labute approximate surface area is 146 Å². The lowest BCUT2D eigenvalue weighted by atomic mass is 9.98. The maximum absolute atomic E-state index is 14.7. The standard InChI is InChI=1S/C20H22FN3O/c21-19-17-7-10-23-12-16(17)3-4-18(19)24-20(25)15-2-1-13-5-8-22-9-6-14(13)11-15/h1-4,11,22-23H,5-10,12H2,(H,24,25). The highest BCUT2D eigenvalue weighted by atomic mass is 19.1. The molecular formula is C20H22FN3O. The normalized spacial score (nSPS) is 16.5. The Morgan fingerprint density at radius 2 is 1.68 bits per heavy atom. The Morgan fingerprint density at radius 3 is 2.56 bits per heavy atom. The molecule has 2 aliphatic rings. The molecule has 0 aliphatic carbocycles. The fourth-order valence-electron chi connectivity index (χ4n) is 3.64. The summed E-state index contributed by atoms with van der Waals surface area (Å²) in [4.78, 5) is 12.6. The smallest absolute Gasteiger partial charge is 0.255 e. The van der Waals surface area contributed by atoms with Crippen molar-refractivity contribution in [3.05, 3.63) is 64.0 Å². The third kappa shape index (κ3) is 3.30. The summed E-state index contributed by atoms with van der Waals surface area (Å²) in [6.45, 7) is 3.33. The number of amides is 1. The van der Waals surface area contributed by atoms with Gasteiger partial charge in [-0.05, 0) is 79.3 Å². The van der Waals surface area contributed by atoms with E-state index in [0.29, 0.717) is 24.1 Å². The third-order valence-corrected chi connectivity index (χ3v) is 5.07. The second-order valence-electron chi connectivity index (χ2n) is 6.68. The molecule has 0 aromatic heterocycles. The Kier molecular flexibility index (Phi) is 4.51. The summed E-state index contributed by atoms with van der Waals surface area (Å²) in [5, 5.41) is 9.34. The topological polar surface area (TPSA) is 53.2 Å². The Balaban J connectivity index is 1.57. The van der Waals surface area contributed by atoms with Crippen molar-refractivity contribution in [2.24, 2.45) is 0 Å². The van der Waals surface area contributed by atoms with Gasteiger partial charge in [-0.15, -0.1) is 0 Å². The maximum Gasteiger partial charge on any atom is 0.255 e. The largest absolute Gasteiger partial charge is 0.319 e. The van der Waals surface area contributed by atoms with Crippen LogP contribution in [0.25, 0.3) is 0 Å². The van der Waals surface area contributed by atoms with Gasteiger partial charge in [0.15, 0.2) is 0 Å². The summed E-state index contributed by atoms with van der Waals surface area (Å²) >= 11 is 0. The van der Waals surface area contributed by atoms with Crippen LogP contribution in [-0.2, 0) is 25.8 Å². The van der Waals surface area contributed by atoms with E-state index in [-0.39, 0.29) is 17.4 Å². The number of halogens is 1. The van der Waals surface area contributed by atoms with Crippen molar-refractivity contribution in [3.8, 4) is 0 Å². The molecule has 2 aliphatic heterocycles. The molecule has 130 valence electrons. The zero-order valence-corrected chi connectivity index (χ0v) is 14.1. The quantitative estimate of drug-likeness (QED) is 0.788. The van der Waals surface area contributed by atoms with Gasteiger partial charge in [0.2, 0.25) is 0 Å². The fraction of sp³-hybridized carbons (Fsp3) is 0.350. The number of nitrogens with one attached hydrogen (secondary N) is 3. The van der Waals surface area contributed by atoms with E-state index in [0.717, 1.165) is 38.0 Å². The molecule has 4 rings (SSSR count). The number of anilines is 1. The van der Waals surface area contributed by atoms with Crippen molar-refractivity contribution < 1.29 is 9.18 Å². The first-order valence-electron chi connectivity index (χ1n) is 8.87. The van der Waals surface area contributed by atoms with Gasteiger partial charge in [0.1, 0.15) is 5.82 Å². The Hall–Kier alpha value is -2.24. The number of hydrogen-bond donors (Lipinski definition) is 3. The number of benzene rings is 2. The first-order valence-corrected chi connectivity index (χ1v) is 8.87. The molecule has 2 aromatic carbocycles. The van der Waals surface area contributed by atoms with Gasteiger partial charge < -0.3 is 16.0 Å². The van der Waals surface area contributed by atoms with E-state index in [4.69, 9.17) is 0 Å². The van der Waals surface area contributed by atoms with Crippen LogP contribution in [0.15, 0.2) is 30.3 Å². The van der Waals surface area contributed by atoms with Gasteiger partial charge in [0, 0.05) is 12.1 Å². The molecule has 2 heterocycles. The van der Waals surface area contributed by atoms with Crippen LogP contribution in [0, 0.1) is 5.82 Å². The second kappa shape index (κ2) is 6.94. The van der Waals surface area contributed by atoms with Gasteiger partial charge in [-0.25, -0.2) is 4.39 Å². The number of carbonyl (C=O) groups is 1. The van der Waals surface area contributed by atoms with Crippen LogP contribution in [-0.4, -0.2) is 25.5 Å². The molecule has 1 amide bonds. The molecule has 0 bridgehead atoms. The molecule has 0 spiro atoms. The molecule has 0 radical (unpaired) electrons. The molecule has 3 N–H and O–H groups in total. The highest BCUT2D eigenvalue weighted by molar-refractivity contribution is 6.04. The number of hydrogen-bond acceptors (Lipinski definition) is 3. The number of fused-ring (bicyclic) bond motifs is 2. The summed E-state index contributed by atoms with van der Waals surface area (Å²) in [5.41, 5.74) is 5.02. The zero-order valence-electron chi connectivity index (χ0n) is 14.1. The average Bonchev–Trinajstić information content (AvgIpc) is 2.89. The van der Waals surface area contributed by atoms with Crippen molar-refractivity contribution >= 4 is 11.6 Å². The zero-order chi connectivity index (χ0) is 17.2. The number of carbonyl (C=O) groups excluding carboxylic acids is 1. The molecule has 4 nitrogen and oxygen atoms in total. The van der Waals surface area contributed by atoms with Crippen LogP contribution < -0.4 is 16.0 Å². The molecule has 0 saturated heterocycles. The van der Waals surface area contributed by atoms with Crippen LogP contribution in [0.3, 0.4) is 0 Å². The molecule has 0 saturated carbocycles. The van der Waals surface area contributed by atoms with E-state index in [1.54, 1.807) is 6.07 Å². The monoisotopic (exact) mass is 339 g/mol. The number of rotatable bonds is 2. The highest BCUT2D eigenvalue weighted by Gasteiger charge is 2.18. The van der Waals surface area contributed by atoms with E-state index in [2.05, 4.69) is 16.0 Å². The molecule has 0 unspecified atom stereocenters. The summed E-state index contributed by atoms with van der Waals surface area (Å²) in [5.74, 6) is -0.556. The van der Waals surface area contributed by atoms with Gasteiger partial charge in [-0.3, -0.25) is 4.79 Å². The van der Waals surface area contributed by atoms with Gasteiger partial charge in [0.05, 0.1) is 5.69 Å². The molecule has 5 heteroatoms. The highest BCUT2D eigenvalue weighted by Crippen LogP contribution is 2.25. The van der Waals surface area contributed by atoms with Crippen molar-refractivity contribution in [3.63, 3.8) is 0 Å². The van der Waals surface area contributed by atoms with Gasteiger partial charge in [0.25, 0.3) is 5.91 Å². The van der Waals surface area contributed by atoms with Gasteiger partial charge in [-0.1, -0.05) is 12.1 Å². The minimum Gasteiger partial charge on any atom is -0.319 e. The summed E-state index contributed by atoms with van der Waals surface area (Å²) < 4.78 is 14.7. The molecule has 0 fully saturated rings. The van der Waals surface area contributed by atoms with Crippen molar-refractivity contribution in [1.29, 1.82) is 0 Å². The molecular weight excluding hydrogens is 317 g/mol. The first-order chi connectivity index (χ1) is 12.2.